The molecule has 0 unspecified atom stereocenters. The molecule has 250 valence electrons. The molecule has 0 bridgehead atoms. The van der Waals surface area contributed by atoms with Crippen molar-refractivity contribution in [3.8, 4) is 5.75 Å². The van der Waals surface area contributed by atoms with Gasteiger partial charge < -0.3 is 30.3 Å². The number of benzene rings is 1. The number of amidine groups is 1. The number of rotatable bonds is 12. The number of carbonyl (C=O) groups is 2. The first-order valence-corrected chi connectivity index (χ1v) is 16.7. The van der Waals surface area contributed by atoms with Crippen LogP contribution >= 0.6 is 12.6 Å². The van der Waals surface area contributed by atoms with Crippen LogP contribution in [0.1, 0.15) is 93.1 Å². The molecule has 0 aromatic heterocycles. The number of likely N-dealkylation sites (tertiary alicyclic amines) is 1. The second-order valence-corrected chi connectivity index (χ2v) is 11.4. The molecule has 1 saturated heterocycles. The SMILES string of the molecule is C=C(N[C@@H](Cc1ccc(OC(=O)N2CCCC2)cc1)C(=O)OC(C)(C)C)/C(N)=C\N=C(C)N(CC)CC.CCCCC.CS. The van der Waals surface area contributed by atoms with Gasteiger partial charge in [-0.2, -0.15) is 12.6 Å². The molecule has 2 rings (SSSR count). The molecule has 3 N–H and O–H groups in total. The quantitative estimate of drug-likeness (QED) is 0.0752. The molecule has 0 spiro atoms. The van der Waals surface area contributed by atoms with Crippen molar-refractivity contribution in [1.29, 1.82) is 0 Å². The molecular weight excluding hydrogens is 574 g/mol. The van der Waals surface area contributed by atoms with Crippen molar-refractivity contribution in [2.75, 3.05) is 32.4 Å². The first-order chi connectivity index (χ1) is 20.8. The molecule has 9 nitrogen and oxygen atoms in total. The Kier molecular flexibility index (Phi) is 20.8. The van der Waals surface area contributed by atoms with Crippen LogP contribution in [0.2, 0.25) is 0 Å². The lowest BCUT2D eigenvalue weighted by molar-refractivity contribution is -0.157. The number of hydrogen-bond acceptors (Lipinski definition) is 8. The topological polar surface area (TPSA) is 109 Å². The van der Waals surface area contributed by atoms with E-state index in [2.05, 4.69) is 62.1 Å². The predicted molar refractivity (Wildman–Crippen MR) is 187 cm³/mol. The number of nitrogens with one attached hydrogen (secondary N) is 1. The van der Waals surface area contributed by atoms with Crippen molar-refractivity contribution < 1.29 is 19.1 Å². The molecule has 44 heavy (non-hydrogen) atoms. The number of unbranched alkanes of at least 4 members (excludes halogenated alkanes) is 2. The lowest BCUT2D eigenvalue weighted by Gasteiger charge is -2.26. The molecule has 1 aliphatic heterocycles. The Morgan fingerprint density at radius 3 is 2.09 bits per heavy atom. The molecule has 1 atom stereocenters. The largest absolute Gasteiger partial charge is 0.458 e. The van der Waals surface area contributed by atoms with E-state index in [0.717, 1.165) is 50.4 Å². The van der Waals surface area contributed by atoms with Crippen LogP contribution in [0, 0.1) is 0 Å². The van der Waals surface area contributed by atoms with Crippen LogP contribution < -0.4 is 15.8 Å². The number of nitrogens with zero attached hydrogens (tertiary/aromatic N) is 3. The van der Waals surface area contributed by atoms with Crippen LogP contribution in [0.25, 0.3) is 0 Å². The average molecular weight is 634 g/mol. The van der Waals surface area contributed by atoms with Crippen LogP contribution in [-0.2, 0) is 16.0 Å². The van der Waals surface area contributed by atoms with Gasteiger partial charge in [-0.1, -0.05) is 51.8 Å². The Bertz CT molecular complexity index is 1040. The molecule has 0 saturated carbocycles. The van der Waals surface area contributed by atoms with E-state index in [1.165, 1.54) is 19.3 Å². The predicted octanol–water partition coefficient (Wildman–Crippen LogP) is 6.94. The molecule has 0 aliphatic carbocycles. The van der Waals surface area contributed by atoms with Gasteiger partial charge in [0, 0.05) is 32.6 Å². The molecule has 10 heteroatoms. The van der Waals surface area contributed by atoms with Crippen molar-refractivity contribution in [3.05, 3.63) is 54.0 Å². The lowest BCUT2D eigenvalue weighted by atomic mass is 10.0. The summed E-state index contributed by atoms with van der Waals surface area (Å²) in [6, 6.07) is 6.37. The Hall–Kier alpha value is -3.14. The molecule has 1 aliphatic rings. The number of carbonyl (C=O) groups excluding carboxylic acids is 2. The lowest BCUT2D eigenvalue weighted by Crippen LogP contribution is -2.43. The number of aliphatic imine (C=N–C) groups is 1. The zero-order valence-electron chi connectivity index (χ0n) is 28.7. The summed E-state index contributed by atoms with van der Waals surface area (Å²) in [5.41, 5.74) is 7.11. The number of amides is 1. The smallest absolute Gasteiger partial charge is 0.415 e. The van der Waals surface area contributed by atoms with Crippen molar-refractivity contribution in [2.45, 2.75) is 106 Å². The highest BCUT2D eigenvalue weighted by molar-refractivity contribution is 7.79. The summed E-state index contributed by atoms with van der Waals surface area (Å²) in [4.78, 5) is 33.5. The monoisotopic (exact) mass is 633 g/mol. The van der Waals surface area contributed by atoms with Crippen LogP contribution in [0.3, 0.4) is 0 Å². The Labute approximate surface area is 272 Å². The maximum atomic E-state index is 13.0. The molecular formula is C34H59N5O4S. The number of thiol groups is 1. The Morgan fingerprint density at radius 2 is 1.64 bits per heavy atom. The molecule has 0 radical (unpaired) electrons. The van der Waals surface area contributed by atoms with E-state index < -0.39 is 17.6 Å². The van der Waals surface area contributed by atoms with Gasteiger partial charge in [0.15, 0.2) is 0 Å². The maximum absolute atomic E-state index is 13.0. The minimum Gasteiger partial charge on any atom is -0.458 e. The van der Waals surface area contributed by atoms with Crippen molar-refractivity contribution in [3.63, 3.8) is 0 Å². The van der Waals surface area contributed by atoms with Gasteiger partial charge >= 0.3 is 12.1 Å². The fraction of sp³-hybridized carbons (Fsp3) is 0.618. The van der Waals surface area contributed by atoms with E-state index in [4.69, 9.17) is 15.2 Å². The third kappa shape index (κ3) is 16.6. The van der Waals surface area contributed by atoms with E-state index in [9.17, 15) is 9.59 Å². The van der Waals surface area contributed by atoms with Gasteiger partial charge in [0.1, 0.15) is 23.2 Å². The summed E-state index contributed by atoms with van der Waals surface area (Å²) in [5.74, 6) is 0.879. The summed E-state index contributed by atoms with van der Waals surface area (Å²) in [6.07, 6.45) is 9.30. The molecule has 1 aromatic carbocycles. The van der Waals surface area contributed by atoms with Gasteiger partial charge in [0.05, 0.1) is 17.6 Å². The van der Waals surface area contributed by atoms with Gasteiger partial charge in [0.25, 0.3) is 0 Å². The van der Waals surface area contributed by atoms with E-state index in [0.29, 0.717) is 23.6 Å². The molecule has 1 amide bonds. The summed E-state index contributed by atoms with van der Waals surface area (Å²) < 4.78 is 11.1. The van der Waals surface area contributed by atoms with Crippen molar-refractivity contribution in [1.82, 2.24) is 15.1 Å². The summed E-state index contributed by atoms with van der Waals surface area (Å²) in [7, 11) is 0. The summed E-state index contributed by atoms with van der Waals surface area (Å²) in [5, 5.41) is 3.12. The Morgan fingerprint density at radius 1 is 1.09 bits per heavy atom. The van der Waals surface area contributed by atoms with Crippen LogP contribution in [-0.4, -0.2) is 71.8 Å². The zero-order valence-corrected chi connectivity index (χ0v) is 29.6. The normalized spacial score (nSPS) is 13.9. The Balaban J connectivity index is 0.00000239. The second-order valence-electron chi connectivity index (χ2n) is 11.4. The van der Waals surface area contributed by atoms with Gasteiger partial charge in [-0.3, -0.25) is 0 Å². The standard InChI is InChI=1S/C28H43N5O4.C5H12.CH4S/c1-8-32(9-2)21(4)30-19-24(29)20(3)31-25(26(34)37-28(5,6)7)18-22-12-14-23(15-13-22)36-27(35)33-16-10-11-17-33;1-3-5-4-2;1-2/h12-15,19,25,31H,3,8-11,16-18,29H2,1-2,4-7H3;3-5H2,1-2H3;2H,1H3/b24-19+,30-21?;;/t25-;;/m0../s1. The van der Waals surface area contributed by atoms with E-state index in [1.807, 2.05) is 39.8 Å². The third-order valence-electron chi connectivity index (χ3n) is 6.64. The number of hydrogen-bond donors (Lipinski definition) is 3. The molecule has 1 aromatic rings. The fourth-order valence-corrected chi connectivity index (χ4v) is 4.21. The highest BCUT2D eigenvalue weighted by Crippen LogP contribution is 2.18. The highest BCUT2D eigenvalue weighted by Gasteiger charge is 2.26. The first kappa shape index (κ1) is 40.9. The van der Waals surface area contributed by atoms with Gasteiger partial charge in [-0.05, 0) is 78.3 Å². The number of nitrogens with two attached hydrogens (primary N) is 1. The highest BCUT2D eigenvalue weighted by atomic mass is 32.1. The second kappa shape index (κ2) is 22.4. The first-order valence-electron chi connectivity index (χ1n) is 15.8. The van der Waals surface area contributed by atoms with E-state index >= 15 is 0 Å². The third-order valence-corrected chi connectivity index (χ3v) is 6.64. The fourth-order valence-electron chi connectivity index (χ4n) is 4.21. The minimum atomic E-state index is -0.732. The minimum absolute atomic E-state index is 0.323. The number of ether oxygens (including phenoxy) is 2. The van der Waals surface area contributed by atoms with Crippen LogP contribution in [0.4, 0.5) is 4.79 Å². The van der Waals surface area contributed by atoms with Crippen molar-refractivity contribution in [2.24, 2.45) is 10.7 Å². The van der Waals surface area contributed by atoms with Crippen LogP contribution in [0.5, 0.6) is 5.75 Å². The van der Waals surface area contributed by atoms with E-state index in [-0.39, 0.29) is 6.09 Å². The van der Waals surface area contributed by atoms with E-state index in [1.54, 1.807) is 29.5 Å². The summed E-state index contributed by atoms with van der Waals surface area (Å²) in [6.45, 7) is 23.1. The maximum Gasteiger partial charge on any atom is 0.415 e. The van der Waals surface area contributed by atoms with Gasteiger partial charge in [-0.15, -0.1) is 0 Å². The average Bonchev–Trinajstić information content (AvgIpc) is 3.53. The number of esters is 1. The van der Waals surface area contributed by atoms with Crippen LogP contribution in [0.15, 0.2) is 53.4 Å². The zero-order chi connectivity index (χ0) is 33.7. The summed E-state index contributed by atoms with van der Waals surface area (Å²) >= 11 is 3.53. The molecule has 1 heterocycles. The molecule has 1 fully saturated rings. The van der Waals surface area contributed by atoms with Gasteiger partial charge in [-0.25, -0.2) is 14.6 Å². The van der Waals surface area contributed by atoms with Crippen molar-refractivity contribution >= 4 is 30.5 Å². The van der Waals surface area contributed by atoms with Gasteiger partial charge in [0.2, 0.25) is 0 Å².